The van der Waals surface area contributed by atoms with Gasteiger partial charge in [-0.3, -0.25) is 4.68 Å². The summed E-state index contributed by atoms with van der Waals surface area (Å²) < 4.78 is 6.99. The van der Waals surface area contributed by atoms with Crippen molar-refractivity contribution in [3.63, 3.8) is 0 Å². The highest BCUT2D eigenvalue weighted by Crippen LogP contribution is 2.10. The fourth-order valence-corrected chi connectivity index (χ4v) is 1.69. The van der Waals surface area contributed by atoms with Crippen molar-refractivity contribution in [1.29, 1.82) is 0 Å². The van der Waals surface area contributed by atoms with Gasteiger partial charge in [0, 0.05) is 6.04 Å². The van der Waals surface area contributed by atoms with Crippen LogP contribution in [0.15, 0.2) is 12.4 Å². The molecule has 1 atom stereocenters. The highest BCUT2D eigenvalue weighted by Gasteiger charge is 2.14. The summed E-state index contributed by atoms with van der Waals surface area (Å²) in [7, 11) is 1.66. The summed E-state index contributed by atoms with van der Waals surface area (Å²) in [4.78, 5) is 0. The van der Waals surface area contributed by atoms with Crippen LogP contribution in [0, 0.1) is 0 Å². The maximum Gasteiger partial charge on any atom is 0.156 e. The van der Waals surface area contributed by atoms with Crippen LogP contribution >= 0.6 is 0 Å². The second kappa shape index (κ2) is 3.79. The Labute approximate surface area is 77.9 Å². The normalized spacial score (nSPS) is 22.1. The molecule has 0 radical (unpaired) electrons. The Hall–Kier alpha value is -1.03. The molecule has 0 amide bonds. The molecule has 4 nitrogen and oxygen atoms in total. The molecule has 2 rings (SSSR count). The third kappa shape index (κ3) is 2.01. The summed E-state index contributed by atoms with van der Waals surface area (Å²) in [6.07, 6.45) is 6.21. The Balaban J connectivity index is 1.92. The third-order valence-electron chi connectivity index (χ3n) is 2.42. The van der Waals surface area contributed by atoms with Crippen molar-refractivity contribution in [3.05, 3.63) is 12.4 Å². The van der Waals surface area contributed by atoms with Crippen molar-refractivity contribution in [2.24, 2.45) is 0 Å². The van der Waals surface area contributed by atoms with Crippen LogP contribution in [-0.4, -0.2) is 29.5 Å². The van der Waals surface area contributed by atoms with Crippen molar-refractivity contribution in [2.75, 3.05) is 13.7 Å². The topological polar surface area (TPSA) is 39.1 Å². The number of ether oxygens (including phenoxy) is 1. The molecule has 1 N–H and O–H groups in total. The molecule has 1 fully saturated rings. The number of rotatable bonds is 3. The molecule has 1 aliphatic rings. The molecular formula is C9H15N3O. The molecule has 2 heterocycles. The number of nitrogens with one attached hydrogen (secondary N) is 1. The zero-order valence-electron chi connectivity index (χ0n) is 7.86. The Morgan fingerprint density at radius 1 is 1.77 bits per heavy atom. The molecular weight excluding hydrogens is 166 g/mol. The van der Waals surface area contributed by atoms with E-state index in [0.717, 1.165) is 18.8 Å². The average molecular weight is 181 g/mol. The standard InChI is InChI=1S/C9H15N3O/c1-13-9-5-11-12(7-9)6-8-3-2-4-10-8/h5,7-8,10H,2-4,6H2,1H3/t8-/m0/s1. The van der Waals surface area contributed by atoms with E-state index in [1.54, 1.807) is 13.3 Å². The first-order chi connectivity index (χ1) is 6.38. The van der Waals surface area contributed by atoms with Gasteiger partial charge in [0.15, 0.2) is 5.75 Å². The van der Waals surface area contributed by atoms with E-state index in [1.807, 2.05) is 10.9 Å². The van der Waals surface area contributed by atoms with Crippen molar-refractivity contribution < 1.29 is 4.74 Å². The lowest BCUT2D eigenvalue weighted by molar-refractivity contribution is 0.412. The van der Waals surface area contributed by atoms with Crippen LogP contribution in [-0.2, 0) is 6.54 Å². The van der Waals surface area contributed by atoms with E-state index in [1.165, 1.54) is 12.8 Å². The van der Waals surface area contributed by atoms with Gasteiger partial charge in [-0.25, -0.2) is 0 Å². The molecule has 1 aromatic rings. The van der Waals surface area contributed by atoms with E-state index in [-0.39, 0.29) is 0 Å². The maximum absolute atomic E-state index is 5.06. The first-order valence-corrected chi connectivity index (χ1v) is 4.68. The summed E-state index contributed by atoms with van der Waals surface area (Å²) in [6, 6.07) is 0.588. The quantitative estimate of drug-likeness (QED) is 0.744. The second-order valence-corrected chi connectivity index (χ2v) is 3.40. The monoisotopic (exact) mass is 181 g/mol. The molecule has 0 bridgehead atoms. The zero-order chi connectivity index (χ0) is 9.10. The molecule has 0 aliphatic carbocycles. The van der Waals surface area contributed by atoms with Crippen LogP contribution in [0.3, 0.4) is 0 Å². The Morgan fingerprint density at radius 3 is 3.31 bits per heavy atom. The Morgan fingerprint density at radius 2 is 2.69 bits per heavy atom. The summed E-state index contributed by atoms with van der Waals surface area (Å²) in [6.45, 7) is 2.09. The van der Waals surface area contributed by atoms with Crippen LogP contribution in [0.2, 0.25) is 0 Å². The maximum atomic E-state index is 5.06. The number of aromatic nitrogens is 2. The molecule has 1 aromatic heterocycles. The lowest BCUT2D eigenvalue weighted by Crippen LogP contribution is -2.26. The van der Waals surface area contributed by atoms with E-state index in [4.69, 9.17) is 4.74 Å². The van der Waals surface area contributed by atoms with E-state index >= 15 is 0 Å². The van der Waals surface area contributed by atoms with Crippen LogP contribution in [0.5, 0.6) is 5.75 Å². The third-order valence-corrected chi connectivity index (χ3v) is 2.42. The molecule has 1 aliphatic heterocycles. The van der Waals surface area contributed by atoms with Crippen LogP contribution in [0.4, 0.5) is 0 Å². The summed E-state index contributed by atoms with van der Waals surface area (Å²) in [5, 5.41) is 7.63. The molecule has 72 valence electrons. The van der Waals surface area contributed by atoms with Gasteiger partial charge in [0.1, 0.15) is 0 Å². The van der Waals surface area contributed by atoms with Crippen molar-refractivity contribution in [1.82, 2.24) is 15.1 Å². The van der Waals surface area contributed by atoms with E-state index < -0.39 is 0 Å². The largest absolute Gasteiger partial charge is 0.493 e. The number of methoxy groups -OCH3 is 1. The Bertz CT molecular complexity index is 266. The lowest BCUT2D eigenvalue weighted by atomic mass is 10.2. The SMILES string of the molecule is COc1cnn(C[C@@H]2CCCN2)c1. The zero-order valence-corrected chi connectivity index (χ0v) is 7.86. The molecule has 0 spiro atoms. The van der Waals surface area contributed by atoms with Gasteiger partial charge in [0.25, 0.3) is 0 Å². The van der Waals surface area contributed by atoms with Crippen molar-refractivity contribution >= 4 is 0 Å². The summed E-state index contributed by atoms with van der Waals surface area (Å²) >= 11 is 0. The number of hydrogen-bond donors (Lipinski definition) is 1. The van der Waals surface area contributed by atoms with Gasteiger partial charge < -0.3 is 10.1 Å². The predicted molar refractivity (Wildman–Crippen MR) is 49.8 cm³/mol. The Kier molecular flexibility index (Phi) is 2.49. The molecule has 13 heavy (non-hydrogen) atoms. The summed E-state index contributed by atoms with van der Waals surface area (Å²) in [5.41, 5.74) is 0. The molecule has 1 saturated heterocycles. The highest BCUT2D eigenvalue weighted by atomic mass is 16.5. The number of nitrogens with zero attached hydrogens (tertiary/aromatic N) is 2. The predicted octanol–water partition coefficient (Wildman–Crippen LogP) is 0.644. The van der Waals surface area contributed by atoms with Crippen molar-refractivity contribution in [2.45, 2.75) is 25.4 Å². The fraction of sp³-hybridized carbons (Fsp3) is 0.667. The fourth-order valence-electron chi connectivity index (χ4n) is 1.69. The average Bonchev–Trinajstić information content (AvgIpc) is 2.76. The molecule has 0 saturated carbocycles. The highest BCUT2D eigenvalue weighted by molar-refractivity contribution is 5.11. The van der Waals surface area contributed by atoms with Crippen LogP contribution in [0.1, 0.15) is 12.8 Å². The van der Waals surface area contributed by atoms with E-state index in [0.29, 0.717) is 6.04 Å². The van der Waals surface area contributed by atoms with Crippen LogP contribution < -0.4 is 10.1 Å². The minimum absolute atomic E-state index is 0.588. The van der Waals surface area contributed by atoms with Gasteiger partial charge in [-0.05, 0) is 19.4 Å². The van der Waals surface area contributed by atoms with Gasteiger partial charge in [0.05, 0.1) is 26.0 Å². The van der Waals surface area contributed by atoms with Crippen molar-refractivity contribution in [3.8, 4) is 5.75 Å². The van der Waals surface area contributed by atoms with Crippen LogP contribution in [0.25, 0.3) is 0 Å². The van der Waals surface area contributed by atoms with Gasteiger partial charge in [0.2, 0.25) is 0 Å². The van der Waals surface area contributed by atoms with Gasteiger partial charge in [-0.15, -0.1) is 0 Å². The smallest absolute Gasteiger partial charge is 0.156 e. The minimum atomic E-state index is 0.588. The lowest BCUT2D eigenvalue weighted by Gasteiger charge is -2.08. The van der Waals surface area contributed by atoms with E-state index in [9.17, 15) is 0 Å². The first-order valence-electron chi connectivity index (χ1n) is 4.68. The first kappa shape index (κ1) is 8.56. The van der Waals surface area contributed by atoms with Gasteiger partial charge >= 0.3 is 0 Å². The molecule has 0 aromatic carbocycles. The minimum Gasteiger partial charge on any atom is -0.493 e. The molecule has 0 unspecified atom stereocenters. The second-order valence-electron chi connectivity index (χ2n) is 3.40. The molecule has 4 heteroatoms. The van der Waals surface area contributed by atoms with Gasteiger partial charge in [-0.1, -0.05) is 0 Å². The summed E-state index contributed by atoms with van der Waals surface area (Å²) in [5.74, 6) is 0.831. The van der Waals surface area contributed by atoms with E-state index in [2.05, 4.69) is 10.4 Å². The number of hydrogen-bond acceptors (Lipinski definition) is 3. The van der Waals surface area contributed by atoms with Gasteiger partial charge in [-0.2, -0.15) is 5.10 Å².